The third-order valence-electron chi connectivity index (χ3n) is 7.17. The van der Waals surface area contributed by atoms with Crippen LogP contribution in [0, 0.1) is 32.1 Å². The van der Waals surface area contributed by atoms with Crippen LogP contribution in [-0.2, 0) is 16.1 Å². The number of alkyl halides is 4. The van der Waals surface area contributed by atoms with Crippen molar-refractivity contribution in [1.82, 2.24) is 10.0 Å². The molecule has 208 valence electrons. The summed E-state index contributed by atoms with van der Waals surface area (Å²) in [6.45, 7) is -0.679. The molecule has 0 spiro atoms. The zero-order valence-corrected chi connectivity index (χ0v) is 23.9. The Bertz CT molecular complexity index is 1540. The maximum absolute atomic E-state index is 13.9. The zero-order valence-electron chi connectivity index (χ0n) is 19.4. The Morgan fingerprint density at radius 2 is 1.43 bits per heavy atom. The number of hydrogen-bond acceptors (Lipinski definition) is 7. The van der Waals surface area contributed by atoms with Crippen LogP contribution >= 0.6 is 69.6 Å². The van der Waals surface area contributed by atoms with Gasteiger partial charge in [-0.1, -0.05) is 70.7 Å². The monoisotopic (exact) mass is 666 g/mol. The SMILES string of the molecule is O=C(c1cccc([N+](=O)[O-])c1)N(Cc1ccccc1[N+](=O)[O-])N1C(=O)[C@H]2[C@H](C1=O)[C@@]1(Cl)C(Cl)=C(Cl)[C@@]2(Cl)C1(Cl)Cl. The summed E-state index contributed by atoms with van der Waals surface area (Å²) in [5.41, 5.74) is -1.24. The van der Waals surface area contributed by atoms with E-state index in [0.717, 1.165) is 18.2 Å². The van der Waals surface area contributed by atoms with E-state index in [9.17, 15) is 34.6 Å². The third kappa shape index (κ3) is 3.55. The molecule has 4 atom stereocenters. The van der Waals surface area contributed by atoms with Gasteiger partial charge in [-0.05, 0) is 6.07 Å². The maximum atomic E-state index is 13.9. The highest BCUT2D eigenvalue weighted by Gasteiger charge is 2.88. The average molecular weight is 669 g/mol. The number of carbonyl (C=O) groups excluding carboxylic acids is 3. The van der Waals surface area contributed by atoms with Crippen molar-refractivity contribution in [3.05, 3.63) is 90.0 Å². The Labute approximate surface area is 254 Å². The molecule has 1 aliphatic heterocycles. The van der Waals surface area contributed by atoms with Gasteiger partial charge in [0.2, 0.25) is 0 Å². The van der Waals surface area contributed by atoms with E-state index in [1.807, 2.05) is 0 Å². The van der Waals surface area contributed by atoms with E-state index in [4.69, 9.17) is 69.6 Å². The van der Waals surface area contributed by atoms with Gasteiger partial charge in [0.1, 0.15) is 9.75 Å². The number of para-hydroxylation sites is 1. The lowest BCUT2D eigenvalue weighted by molar-refractivity contribution is -0.385. The van der Waals surface area contributed by atoms with Crippen LogP contribution in [-0.4, -0.2) is 51.7 Å². The lowest BCUT2D eigenvalue weighted by Crippen LogP contribution is -2.55. The first-order chi connectivity index (χ1) is 18.6. The van der Waals surface area contributed by atoms with Gasteiger partial charge in [0.25, 0.3) is 29.1 Å². The number of nitrogens with zero attached hydrogens (tertiary/aromatic N) is 4. The van der Waals surface area contributed by atoms with Crippen molar-refractivity contribution in [2.75, 3.05) is 0 Å². The summed E-state index contributed by atoms with van der Waals surface area (Å²) in [4.78, 5) is 58.9. The average Bonchev–Trinajstić information content (AvgIpc) is 3.30. The third-order valence-corrected chi connectivity index (χ3v) is 11.4. The summed E-state index contributed by atoms with van der Waals surface area (Å²) in [6.07, 6.45) is 0. The molecule has 0 N–H and O–H groups in total. The number of rotatable bonds is 6. The maximum Gasteiger partial charge on any atom is 0.274 e. The molecule has 0 radical (unpaired) electrons. The Kier molecular flexibility index (Phi) is 6.80. The summed E-state index contributed by atoms with van der Waals surface area (Å²) >= 11 is 39.2. The highest BCUT2D eigenvalue weighted by Crippen LogP contribution is 2.77. The fraction of sp³-hybridized carbons (Fsp3) is 0.261. The molecule has 3 amide bonds. The van der Waals surface area contributed by atoms with Crippen LogP contribution in [0.4, 0.5) is 11.4 Å². The number of non-ortho nitro benzene ring substituents is 1. The van der Waals surface area contributed by atoms with Crippen molar-refractivity contribution in [1.29, 1.82) is 0 Å². The van der Waals surface area contributed by atoms with Gasteiger partial charge in [0, 0.05) is 23.8 Å². The Morgan fingerprint density at radius 1 is 0.875 bits per heavy atom. The number of nitro groups is 2. The molecule has 1 saturated heterocycles. The van der Waals surface area contributed by atoms with E-state index in [2.05, 4.69) is 0 Å². The summed E-state index contributed by atoms with van der Waals surface area (Å²) < 4.78 is -2.23. The number of hydrazine groups is 1. The zero-order chi connectivity index (χ0) is 29.5. The minimum Gasteiger partial charge on any atom is -0.272 e. The number of halogens is 6. The Hall–Kier alpha value is -2.67. The van der Waals surface area contributed by atoms with Crippen molar-refractivity contribution in [2.24, 2.45) is 11.8 Å². The molecule has 11 nitrogen and oxygen atoms in total. The van der Waals surface area contributed by atoms with Gasteiger partial charge < -0.3 is 0 Å². The molecule has 2 fully saturated rings. The number of imide groups is 1. The summed E-state index contributed by atoms with van der Waals surface area (Å²) in [5.74, 6) is -6.42. The molecule has 0 unspecified atom stereocenters. The summed E-state index contributed by atoms with van der Waals surface area (Å²) in [5, 5.41) is 23.4. The first-order valence-electron chi connectivity index (χ1n) is 11.1. The fourth-order valence-electron chi connectivity index (χ4n) is 5.34. The van der Waals surface area contributed by atoms with E-state index < -0.39 is 71.4 Å². The van der Waals surface area contributed by atoms with E-state index >= 15 is 0 Å². The quantitative estimate of drug-likeness (QED) is 0.171. The van der Waals surface area contributed by atoms with Crippen LogP contribution in [0.25, 0.3) is 0 Å². The molecule has 1 heterocycles. The van der Waals surface area contributed by atoms with Gasteiger partial charge in [-0.25, -0.2) is 5.01 Å². The van der Waals surface area contributed by atoms with Crippen molar-refractivity contribution in [3.8, 4) is 0 Å². The second-order valence-electron chi connectivity index (χ2n) is 9.13. The first-order valence-corrected chi connectivity index (χ1v) is 13.4. The molecule has 1 saturated carbocycles. The van der Waals surface area contributed by atoms with Crippen molar-refractivity contribution in [2.45, 2.75) is 20.6 Å². The van der Waals surface area contributed by atoms with Gasteiger partial charge >= 0.3 is 0 Å². The number of benzene rings is 2. The fourth-order valence-corrected chi connectivity index (χ4v) is 8.27. The second kappa shape index (κ2) is 9.43. The van der Waals surface area contributed by atoms with Gasteiger partial charge in [0.15, 0.2) is 4.33 Å². The van der Waals surface area contributed by atoms with Crippen LogP contribution in [0.3, 0.4) is 0 Å². The van der Waals surface area contributed by atoms with Gasteiger partial charge in [-0.2, -0.15) is 5.01 Å². The highest BCUT2D eigenvalue weighted by molar-refractivity contribution is 6.66. The minimum absolute atomic E-state index is 0.0636. The topological polar surface area (TPSA) is 144 Å². The molecule has 2 aliphatic carbocycles. The van der Waals surface area contributed by atoms with Crippen LogP contribution < -0.4 is 0 Å². The molecule has 0 aromatic heterocycles. The van der Waals surface area contributed by atoms with Gasteiger partial charge in [0.05, 0.1) is 43.9 Å². The van der Waals surface area contributed by atoms with E-state index in [1.165, 1.54) is 30.3 Å². The first kappa shape index (κ1) is 28.8. The largest absolute Gasteiger partial charge is 0.274 e. The molecule has 40 heavy (non-hydrogen) atoms. The molecule has 5 rings (SSSR count). The molecule has 17 heteroatoms. The predicted molar refractivity (Wildman–Crippen MR) is 145 cm³/mol. The molecule has 2 aromatic carbocycles. The lowest BCUT2D eigenvalue weighted by atomic mass is 9.84. The summed E-state index contributed by atoms with van der Waals surface area (Å²) in [7, 11) is 0. The number of allylic oxidation sites excluding steroid dienone is 2. The molecular formula is C23H12Cl6N4O7. The van der Waals surface area contributed by atoms with Crippen molar-refractivity contribution in [3.63, 3.8) is 0 Å². The van der Waals surface area contributed by atoms with Crippen LogP contribution in [0.2, 0.25) is 0 Å². The normalized spacial score (nSPS) is 28.2. The smallest absolute Gasteiger partial charge is 0.272 e. The van der Waals surface area contributed by atoms with Crippen molar-refractivity contribution >= 4 is 98.7 Å². The number of fused-ring (bicyclic) bond motifs is 5. The van der Waals surface area contributed by atoms with E-state index in [1.54, 1.807) is 0 Å². The molecule has 2 bridgehead atoms. The standard InChI is InChI=1S/C23H12Cl6N4O7/c24-16-17(25)22(27)15-14(21(16,26)23(22,28)29)19(35)31(20(15)36)30(9-11-4-1-2-7-13(11)33(39)40)18(34)10-5-3-6-12(8-10)32(37)38/h1-8,14-15H,9H2/t14-,15-,21-,22-/m1/s1. The Balaban J connectivity index is 1.66. The lowest BCUT2D eigenvalue weighted by Gasteiger charge is -2.37. The molecule has 2 aromatic rings. The van der Waals surface area contributed by atoms with Crippen LogP contribution in [0.5, 0.6) is 0 Å². The second-order valence-corrected chi connectivity index (χ2v) is 12.4. The molecule has 3 aliphatic rings. The Morgan fingerprint density at radius 3 is 1.95 bits per heavy atom. The van der Waals surface area contributed by atoms with Crippen LogP contribution in [0.1, 0.15) is 15.9 Å². The number of nitro benzene ring substituents is 2. The molecular weight excluding hydrogens is 657 g/mol. The number of amides is 3. The minimum atomic E-state index is -2.23. The predicted octanol–water partition coefficient (Wildman–Crippen LogP) is 5.51. The van der Waals surface area contributed by atoms with Crippen LogP contribution in [0.15, 0.2) is 58.6 Å². The van der Waals surface area contributed by atoms with Gasteiger partial charge in [-0.3, -0.25) is 34.6 Å². The number of hydrogen-bond donors (Lipinski definition) is 0. The summed E-state index contributed by atoms with van der Waals surface area (Å²) in [6, 6.07) is 9.78. The van der Waals surface area contributed by atoms with Crippen molar-refractivity contribution < 1.29 is 24.2 Å². The number of carbonyl (C=O) groups is 3. The van der Waals surface area contributed by atoms with E-state index in [0.29, 0.717) is 10.0 Å². The van der Waals surface area contributed by atoms with E-state index in [-0.39, 0.29) is 21.2 Å². The van der Waals surface area contributed by atoms with Gasteiger partial charge in [-0.15, -0.1) is 23.2 Å². The highest BCUT2D eigenvalue weighted by atomic mass is 35.5.